The van der Waals surface area contributed by atoms with E-state index in [1.807, 2.05) is 0 Å². The topological polar surface area (TPSA) is 15.7 Å². The largest absolute Gasteiger partial charge is 0.573 e. The van der Waals surface area contributed by atoms with E-state index in [1.54, 1.807) is 12.1 Å². The first kappa shape index (κ1) is 23.6. The minimum Gasteiger partial charge on any atom is -0.406 e. The van der Waals surface area contributed by atoms with Crippen molar-refractivity contribution in [3.05, 3.63) is 65.2 Å². The fourth-order valence-corrected chi connectivity index (χ4v) is 4.45. The van der Waals surface area contributed by atoms with Crippen LogP contribution >= 0.6 is 0 Å². The van der Waals surface area contributed by atoms with Crippen LogP contribution in [0.3, 0.4) is 0 Å². The van der Waals surface area contributed by atoms with Gasteiger partial charge in [-0.3, -0.25) is 9.80 Å². The highest BCUT2D eigenvalue weighted by Crippen LogP contribution is 2.36. The summed E-state index contributed by atoms with van der Waals surface area (Å²) in [6, 6.07) is 15.2. The van der Waals surface area contributed by atoms with Crippen LogP contribution in [0, 0.1) is 0 Å². The maximum Gasteiger partial charge on any atom is 0.573 e. The second-order valence-electron chi connectivity index (χ2n) is 9.59. The van der Waals surface area contributed by atoms with Crippen LogP contribution in [0.15, 0.2) is 48.5 Å². The van der Waals surface area contributed by atoms with Gasteiger partial charge in [-0.2, -0.15) is 0 Å². The van der Waals surface area contributed by atoms with Gasteiger partial charge >= 0.3 is 6.36 Å². The average molecular weight is 435 g/mol. The molecule has 0 bridgehead atoms. The lowest BCUT2D eigenvalue weighted by atomic mass is 9.88. The summed E-state index contributed by atoms with van der Waals surface area (Å²) in [6.07, 6.45) is -4.66. The quantitative estimate of drug-likeness (QED) is 0.544. The first-order valence-corrected chi connectivity index (χ1v) is 10.9. The van der Waals surface area contributed by atoms with Crippen LogP contribution in [0.4, 0.5) is 13.2 Å². The molecule has 1 unspecified atom stereocenters. The Morgan fingerprint density at radius 2 is 1.61 bits per heavy atom. The molecule has 2 aromatic rings. The molecule has 0 amide bonds. The fourth-order valence-electron chi connectivity index (χ4n) is 4.45. The van der Waals surface area contributed by atoms with Gasteiger partial charge in [-0.25, -0.2) is 0 Å². The molecular weight excluding hydrogens is 401 g/mol. The van der Waals surface area contributed by atoms with E-state index in [0.717, 1.165) is 25.2 Å². The number of halogens is 3. The molecule has 1 saturated heterocycles. The molecule has 3 nitrogen and oxygen atoms in total. The van der Waals surface area contributed by atoms with Crippen LogP contribution in [-0.4, -0.2) is 41.3 Å². The summed E-state index contributed by atoms with van der Waals surface area (Å²) in [5, 5.41) is 0. The van der Waals surface area contributed by atoms with Crippen molar-refractivity contribution >= 4 is 0 Å². The maximum absolute atomic E-state index is 12.4. The van der Waals surface area contributed by atoms with Crippen molar-refractivity contribution in [3.8, 4) is 5.75 Å². The van der Waals surface area contributed by atoms with Crippen molar-refractivity contribution < 1.29 is 17.9 Å². The fraction of sp³-hybridized carbons (Fsp3) is 0.520. The van der Waals surface area contributed by atoms with Crippen molar-refractivity contribution in [1.82, 2.24) is 9.80 Å². The molecule has 170 valence electrons. The van der Waals surface area contributed by atoms with E-state index in [-0.39, 0.29) is 17.3 Å². The minimum absolute atomic E-state index is 0.0391. The monoisotopic (exact) mass is 434 g/mol. The molecule has 0 aliphatic carbocycles. The van der Waals surface area contributed by atoms with Gasteiger partial charge in [0, 0.05) is 37.8 Å². The van der Waals surface area contributed by atoms with E-state index in [2.05, 4.69) is 73.4 Å². The van der Waals surface area contributed by atoms with Crippen molar-refractivity contribution in [2.75, 3.05) is 19.6 Å². The second kappa shape index (κ2) is 9.21. The van der Waals surface area contributed by atoms with Gasteiger partial charge in [-0.15, -0.1) is 13.2 Å². The second-order valence-corrected chi connectivity index (χ2v) is 9.59. The Hall–Kier alpha value is -2.05. The Bertz CT molecular complexity index is 856. The predicted octanol–water partition coefficient (Wildman–Crippen LogP) is 6.37. The zero-order valence-corrected chi connectivity index (χ0v) is 19.0. The zero-order valence-electron chi connectivity index (χ0n) is 19.0. The highest BCUT2D eigenvalue weighted by atomic mass is 19.4. The third-order valence-corrected chi connectivity index (χ3v) is 5.87. The summed E-state index contributed by atoms with van der Waals surface area (Å²) in [7, 11) is 0. The number of piperazine rings is 1. The Morgan fingerprint density at radius 3 is 2.19 bits per heavy atom. The lowest BCUT2D eigenvalue weighted by Crippen LogP contribution is -2.55. The van der Waals surface area contributed by atoms with Crippen molar-refractivity contribution in [2.45, 2.75) is 65.0 Å². The highest BCUT2D eigenvalue weighted by molar-refractivity contribution is 5.34. The molecule has 1 fully saturated rings. The first-order chi connectivity index (χ1) is 14.4. The van der Waals surface area contributed by atoms with Gasteiger partial charge in [-0.1, -0.05) is 50.2 Å². The number of alkyl halides is 3. The SMILES string of the molecule is CC(C)c1ccccc1C1CN(Cc2ccc(OC(F)(F)F)cc2)CCN1C(C)(C)C. The molecule has 1 atom stereocenters. The Labute approximate surface area is 183 Å². The van der Waals surface area contributed by atoms with E-state index in [1.165, 1.54) is 23.3 Å². The molecule has 0 spiro atoms. The van der Waals surface area contributed by atoms with E-state index < -0.39 is 6.36 Å². The van der Waals surface area contributed by atoms with Gasteiger partial charge in [0.15, 0.2) is 0 Å². The van der Waals surface area contributed by atoms with Crippen molar-refractivity contribution in [2.24, 2.45) is 0 Å². The van der Waals surface area contributed by atoms with Crippen LogP contribution in [0.2, 0.25) is 0 Å². The van der Waals surface area contributed by atoms with Gasteiger partial charge in [-0.05, 0) is 55.5 Å². The Kier molecular flexibility index (Phi) is 7.01. The van der Waals surface area contributed by atoms with E-state index in [4.69, 9.17) is 0 Å². The lowest BCUT2D eigenvalue weighted by molar-refractivity contribution is -0.274. The van der Waals surface area contributed by atoms with Crippen LogP contribution < -0.4 is 4.74 Å². The zero-order chi connectivity index (χ0) is 22.8. The number of nitrogens with zero attached hydrogens (tertiary/aromatic N) is 2. The van der Waals surface area contributed by atoms with Crippen LogP contribution in [-0.2, 0) is 6.54 Å². The molecule has 0 aromatic heterocycles. The highest BCUT2D eigenvalue weighted by Gasteiger charge is 2.36. The lowest BCUT2D eigenvalue weighted by Gasteiger charge is -2.49. The van der Waals surface area contributed by atoms with Gasteiger partial charge in [0.2, 0.25) is 0 Å². The van der Waals surface area contributed by atoms with Gasteiger partial charge in [0.1, 0.15) is 5.75 Å². The van der Waals surface area contributed by atoms with Gasteiger partial charge in [0.25, 0.3) is 0 Å². The standard InChI is InChI=1S/C25H33F3N2O/c1-18(2)21-8-6-7-9-22(21)23-17-29(14-15-30(23)24(3,4)5)16-19-10-12-20(13-11-19)31-25(26,27)28/h6-13,18,23H,14-17H2,1-5H3. The number of hydrogen-bond donors (Lipinski definition) is 0. The normalized spacial score (nSPS) is 19.1. The Balaban J connectivity index is 1.79. The molecule has 0 radical (unpaired) electrons. The molecule has 1 heterocycles. The van der Waals surface area contributed by atoms with E-state index in [9.17, 15) is 13.2 Å². The van der Waals surface area contributed by atoms with Crippen LogP contribution in [0.1, 0.15) is 63.3 Å². The molecule has 31 heavy (non-hydrogen) atoms. The van der Waals surface area contributed by atoms with Crippen molar-refractivity contribution in [3.63, 3.8) is 0 Å². The summed E-state index contributed by atoms with van der Waals surface area (Å²) < 4.78 is 41.2. The summed E-state index contributed by atoms with van der Waals surface area (Å²) in [5.41, 5.74) is 3.76. The molecule has 0 saturated carbocycles. The third-order valence-electron chi connectivity index (χ3n) is 5.87. The predicted molar refractivity (Wildman–Crippen MR) is 118 cm³/mol. The number of ether oxygens (including phenoxy) is 1. The number of benzene rings is 2. The minimum atomic E-state index is -4.66. The summed E-state index contributed by atoms with van der Waals surface area (Å²) in [6.45, 7) is 14.7. The van der Waals surface area contributed by atoms with Gasteiger partial charge < -0.3 is 4.74 Å². The molecule has 3 rings (SSSR count). The third kappa shape index (κ3) is 6.23. The van der Waals surface area contributed by atoms with Crippen molar-refractivity contribution in [1.29, 1.82) is 0 Å². The molecular formula is C25H33F3N2O. The van der Waals surface area contributed by atoms with Crippen LogP contribution in [0.5, 0.6) is 5.75 Å². The molecule has 2 aromatic carbocycles. The van der Waals surface area contributed by atoms with E-state index >= 15 is 0 Å². The maximum atomic E-state index is 12.4. The average Bonchev–Trinajstić information content (AvgIpc) is 2.67. The van der Waals surface area contributed by atoms with Crippen LogP contribution in [0.25, 0.3) is 0 Å². The number of rotatable bonds is 5. The van der Waals surface area contributed by atoms with Gasteiger partial charge in [0.05, 0.1) is 0 Å². The summed E-state index contributed by atoms with van der Waals surface area (Å²) >= 11 is 0. The summed E-state index contributed by atoms with van der Waals surface area (Å²) in [4.78, 5) is 4.97. The van der Waals surface area contributed by atoms with E-state index in [0.29, 0.717) is 12.5 Å². The molecule has 6 heteroatoms. The first-order valence-electron chi connectivity index (χ1n) is 10.9. The molecule has 1 aliphatic heterocycles. The summed E-state index contributed by atoms with van der Waals surface area (Å²) in [5.74, 6) is 0.257. The molecule has 0 N–H and O–H groups in total. The smallest absolute Gasteiger partial charge is 0.406 e. The molecule has 1 aliphatic rings. The number of hydrogen-bond acceptors (Lipinski definition) is 3. The Morgan fingerprint density at radius 1 is 0.968 bits per heavy atom.